The third-order valence-electron chi connectivity index (χ3n) is 4.48. The van der Waals surface area contributed by atoms with E-state index in [0.29, 0.717) is 24.5 Å². The SMILES string of the molecule is COC(=O)c1ccc2c(c1)[C@H](NS(=O)(=O)c1c(Cl)cccc1C(F)(F)F)CC2. The molecule has 2 aromatic carbocycles. The Morgan fingerprint density at radius 3 is 2.61 bits per heavy atom. The van der Waals surface area contributed by atoms with Crippen LogP contribution in [0.4, 0.5) is 13.2 Å². The summed E-state index contributed by atoms with van der Waals surface area (Å²) < 4.78 is 72.4. The minimum absolute atomic E-state index is 0.223. The van der Waals surface area contributed by atoms with Crippen molar-refractivity contribution in [2.75, 3.05) is 7.11 Å². The Kier molecular flexibility index (Phi) is 5.44. The molecule has 0 heterocycles. The Hall–Kier alpha value is -2.10. The van der Waals surface area contributed by atoms with Crippen molar-refractivity contribution in [3.8, 4) is 0 Å². The zero-order valence-electron chi connectivity index (χ0n) is 14.5. The number of hydrogen-bond donors (Lipinski definition) is 1. The number of carbonyl (C=O) groups excluding carboxylic acids is 1. The zero-order chi connectivity index (χ0) is 20.7. The van der Waals surface area contributed by atoms with Gasteiger partial charge in [-0.1, -0.05) is 23.7 Å². The van der Waals surface area contributed by atoms with Crippen LogP contribution in [0.3, 0.4) is 0 Å². The third-order valence-corrected chi connectivity index (χ3v) is 6.48. The average molecular weight is 434 g/mol. The van der Waals surface area contributed by atoms with E-state index >= 15 is 0 Å². The first-order valence-corrected chi connectivity index (χ1v) is 10.00. The number of halogens is 4. The molecule has 2 aromatic rings. The summed E-state index contributed by atoms with van der Waals surface area (Å²) in [5, 5.41) is -0.524. The lowest BCUT2D eigenvalue weighted by Crippen LogP contribution is -2.29. The minimum atomic E-state index is -4.89. The Bertz CT molecular complexity index is 1040. The second-order valence-corrected chi connectivity index (χ2v) is 8.29. The highest BCUT2D eigenvalue weighted by Crippen LogP contribution is 2.39. The number of benzene rings is 2. The van der Waals surface area contributed by atoms with E-state index in [1.54, 1.807) is 12.1 Å². The molecule has 1 atom stereocenters. The Labute approximate surface area is 164 Å². The number of sulfonamides is 1. The second kappa shape index (κ2) is 7.38. The van der Waals surface area contributed by atoms with Crippen LogP contribution in [0, 0.1) is 0 Å². The van der Waals surface area contributed by atoms with Crippen molar-refractivity contribution >= 4 is 27.6 Å². The van der Waals surface area contributed by atoms with Gasteiger partial charge < -0.3 is 4.74 Å². The van der Waals surface area contributed by atoms with Gasteiger partial charge in [0, 0.05) is 6.04 Å². The van der Waals surface area contributed by atoms with Gasteiger partial charge in [0.25, 0.3) is 0 Å². The second-order valence-electron chi connectivity index (χ2n) is 6.23. The third kappa shape index (κ3) is 3.87. The maximum absolute atomic E-state index is 13.3. The van der Waals surface area contributed by atoms with E-state index in [-0.39, 0.29) is 5.56 Å². The molecule has 0 fully saturated rings. The molecule has 3 rings (SSSR count). The molecule has 28 heavy (non-hydrogen) atoms. The predicted octanol–water partition coefficient (Wildman–Crippen LogP) is 4.11. The average Bonchev–Trinajstić information content (AvgIpc) is 3.01. The summed E-state index contributed by atoms with van der Waals surface area (Å²) in [6.45, 7) is 0. The fourth-order valence-electron chi connectivity index (χ4n) is 3.22. The van der Waals surface area contributed by atoms with Gasteiger partial charge in [-0.15, -0.1) is 0 Å². The standard InChI is InChI=1S/C18H15ClF3NO4S/c1-27-17(24)11-6-5-10-7-8-15(12(10)9-11)23-28(25,26)16-13(18(20,21)22)3-2-4-14(16)19/h2-6,9,15,23H,7-8H2,1H3/t15-/m1/s1. The van der Waals surface area contributed by atoms with Crippen molar-refractivity contribution in [3.63, 3.8) is 0 Å². The first kappa shape index (κ1) is 20.6. The number of methoxy groups -OCH3 is 1. The van der Waals surface area contributed by atoms with E-state index in [0.717, 1.165) is 17.7 Å². The van der Waals surface area contributed by atoms with Crippen molar-refractivity contribution in [3.05, 3.63) is 63.7 Å². The highest BCUT2D eigenvalue weighted by molar-refractivity contribution is 7.89. The van der Waals surface area contributed by atoms with E-state index in [4.69, 9.17) is 11.6 Å². The van der Waals surface area contributed by atoms with Crippen molar-refractivity contribution in [2.45, 2.75) is 30.0 Å². The van der Waals surface area contributed by atoms with Crippen LogP contribution in [0.1, 0.15) is 39.5 Å². The topological polar surface area (TPSA) is 72.5 Å². The van der Waals surface area contributed by atoms with Crippen molar-refractivity contribution in [1.29, 1.82) is 0 Å². The maximum Gasteiger partial charge on any atom is 0.417 e. The number of esters is 1. The molecule has 150 valence electrons. The minimum Gasteiger partial charge on any atom is -0.465 e. The van der Waals surface area contributed by atoms with Crippen LogP contribution in [0.15, 0.2) is 41.3 Å². The number of carbonyl (C=O) groups is 1. The molecule has 10 heteroatoms. The van der Waals surface area contributed by atoms with Gasteiger partial charge in [-0.3, -0.25) is 0 Å². The van der Waals surface area contributed by atoms with Crippen LogP contribution in [0.25, 0.3) is 0 Å². The van der Waals surface area contributed by atoms with E-state index in [2.05, 4.69) is 9.46 Å². The van der Waals surface area contributed by atoms with Crippen molar-refractivity contribution in [2.24, 2.45) is 0 Å². The number of alkyl halides is 3. The smallest absolute Gasteiger partial charge is 0.417 e. The molecule has 1 aliphatic rings. The molecule has 0 saturated heterocycles. The van der Waals surface area contributed by atoms with Crippen LogP contribution < -0.4 is 4.72 Å². The lowest BCUT2D eigenvalue weighted by molar-refractivity contribution is -0.139. The van der Waals surface area contributed by atoms with Crippen LogP contribution in [-0.4, -0.2) is 21.5 Å². The molecule has 1 N–H and O–H groups in total. The Morgan fingerprint density at radius 1 is 1.25 bits per heavy atom. The molecular weight excluding hydrogens is 419 g/mol. The van der Waals surface area contributed by atoms with Gasteiger partial charge in [-0.25, -0.2) is 17.9 Å². The van der Waals surface area contributed by atoms with E-state index in [9.17, 15) is 26.4 Å². The lowest BCUT2D eigenvalue weighted by atomic mass is 10.0. The van der Waals surface area contributed by atoms with Crippen LogP contribution in [0.2, 0.25) is 5.02 Å². The summed E-state index contributed by atoms with van der Waals surface area (Å²) in [6.07, 6.45) is -4.04. The molecule has 5 nitrogen and oxygen atoms in total. The number of rotatable bonds is 4. The molecule has 0 aliphatic heterocycles. The first-order chi connectivity index (χ1) is 13.0. The molecule has 0 radical (unpaired) electrons. The van der Waals surface area contributed by atoms with Crippen LogP contribution in [-0.2, 0) is 27.4 Å². The first-order valence-electron chi connectivity index (χ1n) is 8.14. The molecule has 0 unspecified atom stereocenters. The Morgan fingerprint density at radius 2 is 1.96 bits per heavy atom. The summed E-state index contributed by atoms with van der Waals surface area (Å²) in [5.41, 5.74) is 0.206. The van der Waals surface area contributed by atoms with Gasteiger partial charge in [0.15, 0.2) is 0 Å². The van der Waals surface area contributed by atoms with Crippen LogP contribution >= 0.6 is 11.6 Å². The Balaban J connectivity index is 2.00. The molecule has 0 aromatic heterocycles. The molecule has 0 amide bonds. The van der Waals surface area contributed by atoms with E-state index in [1.807, 2.05) is 0 Å². The molecule has 0 saturated carbocycles. The number of fused-ring (bicyclic) bond motifs is 1. The maximum atomic E-state index is 13.3. The summed E-state index contributed by atoms with van der Waals surface area (Å²) in [4.78, 5) is 10.7. The summed E-state index contributed by atoms with van der Waals surface area (Å²) in [5.74, 6) is -0.596. The summed E-state index contributed by atoms with van der Waals surface area (Å²) >= 11 is 5.81. The largest absolute Gasteiger partial charge is 0.465 e. The number of aryl methyl sites for hydroxylation is 1. The number of ether oxygens (including phenoxy) is 1. The summed E-state index contributed by atoms with van der Waals surface area (Å²) in [6, 6.07) is 6.71. The highest BCUT2D eigenvalue weighted by Gasteiger charge is 2.39. The fourth-order valence-corrected chi connectivity index (χ4v) is 5.24. The highest BCUT2D eigenvalue weighted by atomic mass is 35.5. The molecule has 0 bridgehead atoms. The van der Waals surface area contributed by atoms with Gasteiger partial charge >= 0.3 is 12.1 Å². The normalized spacial score (nSPS) is 16.7. The summed E-state index contributed by atoms with van der Waals surface area (Å²) in [7, 11) is -3.37. The lowest BCUT2D eigenvalue weighted by Gasteiger charge is -2.19. The fraction of sp³-hybridized carbons (Fsp3) is 0.278. The number of hydrogen-bond acceptors (Lipinski definition) is 4. The van der Waals surface area contributed by atoms with Gasteiger partial charge in [0.05, 0.1) is 23.3 Å². The zero-order valence-corrected chi connectivity index (χ0v) is 16.1. The molecule has 0 spiro atoms. The van der Waals surface area contributed by atoms with Gasteiger partial charge in [0.1, 0.15) is 4.90 Å². The van der Waals surface area contributed by atoms with Crippen molar-refractivity contribution < 1.29 is 31.1 Å². The van der Waals surface area contributed by atoms with Crippen LogP contribution in [0.5, 0.6) is 0 Å². The van der Waals surface area contributed by atoms with E-state index < -0.39 is 43.7 Å². The number of nitrogens with one attached hydrogen (secondary N) is 1. The predicted molar refractivity (Wildman–Crippen MR) is 95.6 cm³/mol. The van der Waals surface area contributed by atoms with E-state index in [1.165, 1.54) is 13.2 Å². The van der Waals surface area contributed by atoms with Gasteiger partial charge in [-0.2, -0.15) is 13.2 Å². The molecular formula is C18H15ClF3NO4S. The quantitative estimate of drug-likeness (QED) is 0.736. The van der Waals surface area contributed by atoms with Gasteiger partial charge in [0.2, 0.25) is 10.0 Å². The monoisotopic (exact) mass is 433 g/mol. The van der Waals surface area contributed by atoms with Gasteiger partial charge in [-0.05, 0) is 48.2 Å². The van der Waals surface area contributed by atoms with Crippen molar-refractivity contribution in [1.82, 2.24) is 4.72 Å². The molecule has 1 aliphatic carbocycles.